The molecule has 208 valence electrons. The Bertz CT molecular complexity index is 605. The molecule has 1 aliphatic heterocycles. The first kappa shape index (κ1) is 32.5. The molecular formula is C28H54O7. The van der Waals surface area contributed by atoms with Gasteiger partial charge in [0.15, 0.2) is 6.29 Å². The maximum absolute atomic E-state index is 12.9. The van der Waals surface area contributed by atoms with Crippen molar-refractivity contribution in [1.29, 1.82) is 0 Å². The van der Waals surface area contributed by atoms with Gasteiger partial charge < -0.3 is 29.9 Å². The normalized spacial score (nSPS) is 28.3. The molecule has 0 amide bonds. The minimum Gasteiger partial charge on any atom is -0.393 e. The smallest absolute Gasteiger partial charge is 0.186 e. The summed E-state index contributed by atoms with van der Waals surface area (Å²) in [5, 5.41) is 41.8. The van der Waals surface area contributed by atoms with Gasteiger partial charge in [-0.2, -0.15) is 0 Å². The first-order chi connectivity index (χ1) is 16.2. The monoisotopic (exact) mass is 502 g/mol. The van der Waals surface area contributed by atoms with Gasteiger partial charge in [0.25, 0.3) is 0 Å². The molecule has 1 rings (SSSR count). The first-order valence-corrected chi connectivity index (χ1v) is 13.8. The minimum absolute atomic E-state index is 0.00715. The Kier molecular flexibility index (Phi) is 13.9. The predicted octanol–water partition coefficient (Wildman–Crippen LogP) is 4.22. The molecule has 35 heavy (non-hydrogen) atoms. The number of Topliss-reactive ketones (excluding diaryl/α,β-unsaturated/α-hetero) is 1. The van der Waals surface area contributed by atoms with Crippen LogP contribution in [0, 0.1) is 23.2 Å². The lowest BCUT2D eigenvalue weighted by atomic mass is 9.79. The van der Waals surface area contributed by atoms with E-state index < -0.39 is 42.9 Å². The standard InChI is InChI=1S/C28H54O7/c1-9-17(4)19(13-22(31)16-28(6,7)8)12-20(29)14-21(30)15-24(18(5)10-2)35-27-26(33)25(32)23(11-3)34-27/h17-19,21-27,30-33H,9-16H2,1-8H3/t17-,18-,19?,21-,22+,23+,24+,25-,26?,27-/m1/s1. The fraction of sp³-hybridized carbons (Fsp3) is 0.964. The van der Waals surface area contributed by atoms with Crippen LogP contribution in [-0.4, -0.2) is 69.1 Å². The van der Waals surface area contributed by atoms with E-state index in [1.807, 2.05) is 20.8 Å². The van der Waals surface area contributed by atoms with Crippen LogP contribution in [0.2, 0.25) is 0 Å². The highest BCUT2D eigenvalue weighted by molar-refractivity contribution is 5.79. The minimum atomic E-state index is -1.14. The second kappa shape index (κ2) is 15.0. The number of ether oxygens (including phenoxy) is 2. The molecule has 0 aliphatic carbocycles. The summed E-state index contributed by atoms with van der Waals surface area (Å²) in [6.07, 6.45) is -1.10. The zero-order chi connectivity index (χ0) is 26.9. The molecule has 2 unspecified atom stereocenters. The maximum atomic E-state index is 12.9. The lowest BCUT2D eigenvalue weighted by molar-refractivity contribution is -0.205. The number of carbonyl (C=O) groups excluding carboxylic acids is 1. The number of carbonyl (C=O) groups is 1. The van der Waals surface area contributed by atoms with Crippen LogP contribution in [0.15, 0.2) is 0 Å². The highest BCUT2D eigenvalue weighted by Crippen LogP contribution is 2.31. The van der Waals surface area contributed by atoms with Gasteiger partial charge in [0.2, 0.25) is 0 Å². The van der Waals surface area contributed by atoms with Crippen LogP contribution in [-0.2, 0) is 14.3 Å². The Hall–Kier alpha value is -0.570. The summed E-state index contributed by atoms with van der Waals surface area (Å²) in [6.45, 7) is 16.4. The molecule has 7 heteroatoms. The Morgan fingerprint density at radius 3 is 2.00 bits per heavy atom. The lowest BCUT2D eigenvalue weighted by Gasteiger charge is -2.30. The number of hydrogen-bond acceptors (Lipinski definition) is 7. The largest absolute Gasteiger partial charge is 0.393 e. The van der Waals surface area contributed by atoms with E-state index in [4.69, 9.17) is 9.47 Å². The summed E-state index contributed by atoms with van der Waals surface area (Å²) in [4.78, 5) is 12.9. The van der Waals surface area contributed by atoms with Gasteiger partial charge in [0.1, 0.15) is 18.0 Å². The molecule has 0 aromatic carbocycles. The van der Waals surface area contributed by atoms with Crippen molar-refractivity contribution in [2.45, 2.75) is 150 Å². The molecule has 0 aromatic rings. The van der Waals surface area contributed by atoms with Crippen LogP contribution in [0.1, 0.15) is 107 Å². The maximum Gasteiger partial charge on any atom is 0.186 e. The molecule has 1 heterocycles. The molecule has 7 nitrogen and oxygen atoms in total. The fourth-order valence-electron chi connectivity index (χ4n) is 5.00. The number of hydrogen-bond donors (Lipinski definition) is 4. The molecule has 0 bridgehead atoms. The Labute approximate surface area is 213 Å². The molecule has 4 N–H and O–H groups in total. The average molecular weight is 503 g/mol. The molecule has 10 atom stereocenters. The van der Waals surface area contributed by atoms with E-state index in [1.54, 1.807) is 0 Å². The van der Waals surface area contributed by atoms with Gasteiger partial charge in [-0.05, 0) is 42.4 Å². The Morgan fingerprint density at radius 1 is 0.914 bits per heavy atom. The van der Waals surface area contributed by atoms with E-state index in [0.29, 0.717) is 31.6 Å². The number of aliphatic hydroxyl groups excluding tert-OH is 4. The van der Waals surface area contributed by atoms with Crippen LogP contribution in [0.25, 0.3) is 0 Å². The van der Waals surface area contributed by atoms with Crippen molar-refractivity contribution in [3.8, 4) is 0 Å². The summed E-state index contributed by atoms with van der Waals surface area (Å²) >= 11 is 0. The summed E-state index contributed by atoms with van der Waals surface area (Å²) < 4.78 is 11.7. The second-order valence-electron chi connectivity index (χ2n) is 12.1. The third kappa shape index (κ3) is 11.1. The van der Waals surface area contributed by atoms with Crippen LogP contribution in [0.5, 0.6) is 0 Å². The van der Waals surface area contributed by atoms with Crippen molar-refractivity contribution < 1.29 is 34.7 Å². The molecular weight excluding hydrogens is 448 g/mol. The zero-order valence-electron chi connectivity index (χ0n) is 23.4. The van der Waals surface area contributed by atoms with E-state index >= 15 is 0 Å². The number of ketones is 1. The fourth-order valence-corrected chi connectivity index (χ4v) is 5.00. The Balaban J connectivity index is 2.72. The third-order valence-electron chi connectivity index (χ3n) is 7.64. The molecule has 1 fully saturated rings. The predicted molar refractivity (Wildman–Crippen MR) is 138 cm³/mol. The van der Waals surface area contributed by atoms with Crippen molar-refractivity contribution in [3.05, 3.63) is 0 Å². The molecule has 0 saturated carbocycles. The second-order valence-corrected chi connectivity index (χ2v) is 12.1. The number of aliphatic hydroxyl groups is 4. The van der Waals surface area contributed by atoms with Crippen LogP contribution >= 0.6 is 0 Å². The van der Waals surface area contributed by atoms with Crippen molar-refractivity contribution in [2.75, 3.05) is 0 Å². The van der Waals surface area contributed by atoms with Crippen LogP contribution in [0.4, 0.5) is 0 Å². The molecule has 1 aliphatic rings. The van der Waals surface area contributed by atoms with Crippen molar-refractivity contribution >= 4 is 5.78 Å². The van der Waals surface area contributed by atoms with Gasteiger partial charge in [-0.25, -0.2) is 0 Å². The van der Waals surface area contributed by atoms with E-state index in [9.17, 15) is 25.2 Å². The first-order valence-electron chi connectivity index (χ1n) is 13.8. The van der Waals surface area contributed by atoms with Crippen LogP contribution < -0.4 is 0 Å². The van der Waals surface area contributed by atoms with Crippen molar-refractivity contribution in [1.82, 2.24) is 0 Å². The van der Waals surface area contributed by atoms with E-state index in [-0.39, 0.29) is 35.9 Å². The highest BCUT2D eigenvalue weighted by Gasteiger charge is 2.44. The van der Waals surface area contributed by atoms with Gasteiger partial charge in [-0.3, -0.25) is 4.79 Å². The molecule has 0 spiro atoms. The van der Waals surface area contributed by atoms with E-state index in [1.165, 1.54) is 0 Å². The summed E-state index contributed by atoms with van der Waals surface area (Å²) in [5.41, 5.74) is 0.0222. The topological polar surface area (TPSA) is 116 Å². The van der Waals surface area contributed by atoms with Gasteiger partial charge >= 0.3 is 0 Å². The van der Waals surface area contributed by atoms with Gasteiger partial charge in [-0.1, -0.05) is 68.2 Å². The lowest BCUT2D eigenvalue weighted by Crippen LogP contribution is -2.38. The molecule has 1 saturated heterocycles. The quantitative estimate of drug-likeness (QED) is 0.250. The van der Waals surface area contributed by atoms with E-state index in [2.05, 4.69) is 34.6 Å². The van der Waals surface area contributed by atoms with Crippen LogP contribution in [0.3, 0.4) is 0 Å². The summed E-state index contributed by atoms with van der Waals surface area (Å²) in [7, 11) is 0. The molecule has 0 radical (unpaired) electrons. The van der Waals surface area contributed by atoms with E-state index in [0.717, 1.165) is 12.8 Å². The Morgan fingerprint density at radius 2 is 1.51 bits per heavy atom. The zero-order valence-corrected chi connectivity index (χ0v) is 23.4. The third-order valence-corrected chi connectivity index (χ3v) is 7.64. The average Bonchev–Trinajstić information content (AvgIpc) is 3.03. The number of rotatable bonds is 16. The van der Waals surface area contributed by atoms with Gasteiger partial charge in [-0.15, -0.1) is 0 Å². The SMILES string of the molecule is CC[C@@H](C)C(CC(=O)C[C@@H](O)C[C@H](O[C@H]1O[C@@H](CC)[C@@H](O)C1O)[C@H](C)CC)C[C@H](O)CC(C)(C)C. The summed E-state index contributed by atoms with van der Waals surface area (Å²) in [5.74, 6) is 0.454. The highest BCUT2D eigenvalue weighted by atomic mass is 16.7. The van der Waals surface area contributed by atoms with Gasteiger partial charge in [0.05, 0.1) is 24.4 Å². The van der Waals surface area contributed by atoms with Crippen molar-refractivity contribution in [3.63, 3.8) is 0 Å². The summed E-state index contributed by atoms with van der Waals surface area (Å²) in [6, 6.07) is 0. The molecule has 0 aromatic heterocycles. The van der Waals surface area contributed by atoms with Gasteiger partial charge in [0, 0.05) is 19.3 Å². The van der Waals surface area contributed by atoms with Crippen molar-refractivity contribution in [2.24, 2.45) is 23.2 Å².